The number of nitrogens with one attached hydrogen (secondary N) is 1. The lowest BCUT2D eigenvalue weighted by Crippen LogP contribution is -2.60. The van der Waals surface area contributed by atoms with E-state index in [2.05, 4.69) is 33.8 Å². The van der Waals surface area contributed by atoms with Gasteiger partial charge in [-0.3, -0.25) is 0 Å². The number of benzene rings is 3. The Morgan fingerprint density at radius 3 is 2.11 bits per heavy atom. The minimum absolute atomic E-state index is 0. The van der Waals surface area contributed by atoms with E-state index in [1.807, 2.05) is 18.2 Å². The Morgan fingerprint density at radius 2 is 1.46 bits per heavy atom. The Morgan fingerprint density at radius 1 is 0.838 bits per heavy atom. The first-order valence-corrected chi connectivity index (χ1v) is 12.3. The molecule has 0 saturated heterocycles. The van der Waals surface area contributed by atoms with Crippen LogP contribution in [0.5, 0.6) is 5.75 Å². The molecule has 198 valence electrons. The molecule has 2 N–H and O–H groups in total. The molecule has 3 aromatic carbocycles. The molecule has 2 aliphatic carbocycles. The highest BCUT2D eigenvalue weighted by molar-refractivity contribution is 6.08. The monoisotopic (exact) mass is 514 g/mol. The average molecular weight is 515 g/mol. The molecule has 3 aliphatic rings. The maximum absolute atomic E-state index is 14.6. The zero-order valence-electron chi connectivity index (χ0n) is 21.1. The Balaban J connectivity index is 0.00000280. The smallest absolute Gasteiger partial charge is 0.408 e. The Bertz CT molecular complexity index is 1430. The van der Waals surface area contributed by atoms with Gasteiger partial charge in [0.25, 0.3) is 0 Å². The summed E-state index contributed by atoms with van der Waals surface area (Å²) in [5.41, 5.74) is 3.61. The van der Waals surface area contributed by atoms with E-state index in [9.17, 15) is 22.7 Å². The van der Waals surface area contributed by atoms with Crippen LogP contribution >= 0.6 is 0 Å². The van der Waals surface area contributed by atoms with Crippen LogP contribution in [0.4, 0.5) is 28.9 Å². The van der Waals surface area contributed by atoms with Crippen LogP contribution < -0.4 is 10.2 Å². The van der Waals surface area contributed by atoms with Gasteiger partial charge in [0, 0.05) is 17.8 Å². The quantitative estimate of drug-likeness (QED) is 0.233. The molecule has 37 heavy (non-hydrogen) atoms. The third-order valence-corrected chi connectivity index (χ3v) is 8.43. The van der Waals surface area contributed by atoms with Crippen LogP contribution in [0.25, 0.3) is 21.9 Å². The number of halogens is 4. The third-order valence-electron chi connectivity index (χ3n) is 8.43. The van der Waals surface area contributed by atoms with E-state index in [4.69, 9.17) is 0 Å². The number of nitrogens with zero attached hydrogens (tertiary/aromatic N) is 1. The van der Waals surface area contributed by atoms with E-state index in [0.717, 1.165) is 43.0 Å². The topological polar surface area (TPSA) is 35.5 Å². The van der Waals surface area contributed by atoms with Crippen LogP contribution in [0.2, 0.25) is 0 Å². The van der Waals surface area contributed by atoms with Gasteiger partial charge < -0.3 is 15.3 Å². The fraction of sp³-hybridized carbons (Fsp3) is 0.467. The summed E-state index contributed by atoms with van der Waals surface area (Å²) < 4.78 is 57.6. The van der Waals surface area contributed by atoms with Gasteiger partial charge in [0.1, 0.15) is 5.75 Å². The van der Waals surface area contributed by atoms with E-state index in [1.54, 1.807) is 11.4 Å². The molecule has 1 heterocycles. The van der Waals surface area contributed by atoms with Crippen molar-refractivity contribution in [3.8, 4) is 16.9 Å². The van der Waals surface area contributed by atoms with Gasteiger partial charge in [0.2, 0.25) is 0 Å². The molecule has 6 rings (SSSR count). The van der Waals surface area contributed by atoms with E-state index >= 15 is 0 Å². The van der Waals surface area contributed by atoms with Crippen LogP contribution in [-0.4, -0.2) is 24.2 Å². The maximum atomic E-state index is 14.6. The molecular weight excluding hydrogens is 480 g/mol. The van der Waals surface area contributed by atoms with Crippen LogP contribution in [0.3, 0.4) is 0 Å². The molecule has 0 amide bonds. The normalized spacial score (nSPS) is 23.0. The minimum Gasteiger partial charge on any atom is -0.507 e. The van der Waals surface area contributed by atoms with Gasteiger partial charge in [-0.25, -0.2) is 0 Å². The summed E-state index contributed by atoms with van der Waals surface area (Å²) in [4.78, 5) is 0.332. The molecular formula is C30H34F4N2O. The van der Waals surface area contributed by atoms with Crippen molar-refractivity contribution in [3.63, 3.8) is 0 Å². The second kappa shape index (κ2) is 7.33. The fourth-order valence-electron chi connectivity index (χ4n) is 7.85. The molecule has 1 spiro atoms. The number of rotatable bonds is 0. The lowest BCUT2D eigenvalue weighted by Gasteiger charge is -2.51. The number of hydrogen-bond acceptors (Lipinski definition) is 3. The number of phenolic OH excluding ortho intramolecular Hbond substituents is 1. The van der Waals surface area contributed by atoms with Crippen molar-refractivity contribution >= 4 is 22.1 Å². The zero-order chi connectivity index (χ0) is 26.1. The molecule has 3 aromatic rings. The summed E-state index contributed by atoms with van der Waals surface area (Å²) in [6.45, 7) is 9.10. The zero-order valence-corrected chi connectivity index (χ0v) is 21.1. The van der Waals surface area contributed by atoms with Crippen LogP contribution in [0, 0.1) is 10.8 Å². The Labute approximate surface area is 215 Å². The van der Waals surface area contributed by atoms with Crippen LogP contribution in [0.15, 0.2) is 42.5 Å². The highest BCUT2D eigenvalue weighted by atomic mass is 19.3. The third kappa shape index (κ3) is 3.31. The summed E-state index contributed by atoms with van der Waals surface area (Å²) in [6.07, 6.45) is 2.83. The molecule has 0 bridgehead atoms. The first-order valence-electron chi connectivity index (χ1n) is 12.3. The fourth-order valence-corrected chi connectivity index (χ4v) is 7.85. The van der Waals surface area contributed by atoms with Gasteiger partial charge >= 0.3 is 12.1 Å². The first-order chi connectivity index (χ1) is 16.6. The highest BCUT2D eigenvalue weighted by Crippen LogP contribution is 2.65. The predicted octanol–water partition coefficient (Wildman–Crippen LogP) is 8.73. The Hall–Kier alpha value is -2.96. The van der Waals surface area contributed by atoms with Gasteiger partial charge in [0.05, 0.1) is 11.4 Å². The second-order valence-corrected chi connectivity index (χ2v) is 12.5. The van der Waals surface area contributed by atoms with E-state index < -0.39 is 12.1 Å². The van der Waals surface area contributed by atoms with Crippen molar-refractivity contribution in [2.45, 2.75) is 71.9 Å². The predicted molar refractivity (Wildman–Crippen MR) is 142 cm³/mol. The second-order valence-electron chi connectivity index (χ2n) is 12.5. The molecule has 1 aliphatic heterocycles. The summed E-state index contributed by atoms with van der Waals surface area (Å²) in [5.74, 6) is -0.0370. The standard InChI is InChI=1S/C29H30F4N2O.CH4/c1-25(2)13-26(3,4)15-27(14-25)19-9-7-6-8-16(19)24-18-11-22-21(10-17(18)23(36)12-20(24)27)34-28(30,31)29(32,33)35(22)5;/h6-12,34,36H,13-15H2,1-5H3;1H4. The van der Waals surface area contributed by atoms with Crippen molar-refractivity contribution in [1.82, 2.24) is 0 Å². The van der Waals surface area contributed by atoms with Gasteiger partial charge in [-0.2, -0.15) is 17.6 Å². The van der Waals surface area contributed by atoms with Gasteiger partial charge in [0.15, 0.2) is 0 Å². The number of hydrogen-bond donors (Lipinski definition) is 2. The number of phenols is 1. The summed E-state index contributed by atoms with van der Waals surface area (Å²) in [5, 5.41) is 13.9. The van der Waals surface area contributed by atoms with Crippen LogP contribution in [0.1, 0.15) is 65.5 Å². The molecule has 1 fully saturated rings. The number of anilines is 2. The number of alkyl halides is 4. The van der Waals surface area contributed by atoms with E-state index in [1.165, 1.54) is 17.7 Å². The minimum atomic E-state index is -4.45. The SMILES string of the molecule is C.CN1c2cc3c4c(cc(O)c3cc2NC(F)(F)C1(F)F)C1(CC(C)(C)CC(C)(C)C1)c1ccccc1-4. The lowest BCUT2D eigenvalue weighted by molar-refractivity contribution is -0.191. The van der Waals surface area contributed by atoms with Gasteiger partial charge in [-0.15, -0.1) is 0 Å². The van der Waals surface area contributed by atoms with Crippen molar-refractivity contribution in [2.75, 3.05) is 17.3 Å². The molecule has 0 aromatic heterocycles. The van der Waals surface area contributed by atoms with Crippen LogP contribution in [-0.2, 0) is 5.41 Å². The van der Waals surface area contributed by atoms with E-state index in [-0.39, 0.29) is 40.8 Å². The highest BCUT2D eigenvalue weighted by Gasteiger charge is 2.63. The maximum Gasteiger partial charge on any atom is 0.408 e. The summed E-state index contributed by atoms with van der Waals surface area (Å²) >= 11 is 0. The lowest BCUT2D eigenvalue weighted by atomic mass is 9.52. The van der Waals surface area contributed by atoms with E-state index in [0.29, 0.717) is 15.7 Å². The van der Waals surface area contributed by atoms with Gasteiger partial charge in [-0.05, 0) is 75.9 Å². The summed E-state index contributed by atoms with van der Waals surface area (Å²) in [6, 6.07) is 3.95. The number of fused-ring (bicyclic) bond motifs is 8. The Kier molecular flexibility index (Phi) is 5.08. The molecule has 7 heteroatoms. The number of aromatic hydroxyl groups is 1. The molecule has 1 saturated carbocycles. The molecule has 0 atom stereocenters. The summed E-state index contributed by atoms with van der Waals surface area (Å²) in [7, 11) is 0.976. The first kappa shape index (κ1) is 25.7. The molecule has 0 radical (unpaired) electrons. The van der Waals surface area contributed by atoms with Crippen molar-refractivity contribution in [2.24, 2.45) is 10.8 Å². The largest absolute Gasteiger partial charge is 0.507 e. The number of likely N-dealkylation sites (N-methyl/N-ethyl adjacent to an activating group) is 1. The van der Waals surface area contributed by atoms with Crippen molar-refractivity contribution < 1.29 is 22.7 Å². The molecule has 3 nitrogen and oxygen atoms in total. The van der Waals surface area contributed by atoms with Crippen molar-refractivity contribution in [1.29, 1.82) is 0 Å². The average Bonchev–Trinajstić information content (AvgIpc) is 2.98. The van der Waals surface area contributed by atoms with Crippen molar-refractivity contribution in [3.05, 3.63) is 53.6 Å². The van der Waals surface area contributed by atoms with Gasteiger partial charge in [-0.1, -0.05) is 59.4 Å². The molecule has 0 unspecified atom stereocenters.